The Hall–Kier alpha value is -1.87. The van der Waals surface area contributed by atoms with Crippen LogP contribution in [0.5, 0.6) is 0 Å². The Morgan fingerprint density at radius 2 is 2.05 bits per heavy atom. The number of nitrogens with one attached hydrogen (secondary N) is 3. The minimum Gasteiger partial charge on any atom is -0.382 e. The van der Waals surface area contributed by atoms with Crippen LogP contribution in [0.25, 0.3) is 0 Å². The largest absolute Gasteiger partial charge is 0.382 e. The monoisotopic (exact) mass is 315 g/mol. The van der Waals surface area contributed by atoms with Crippen LogP contribution in [0.4, 0.5) is 4.79 Å². The fourth-order valence-electron chi connectivity index (χ4n) is 1.81. The molecule has 1 aliphatic rings. The van der Waals surface area contributed by atoms with E-state index in [1.54, 1.807) is 14.2 Å². The van der Waals surface area contributed by atoms with E-state index in [2.05, 4.69) is 20.9 Å². The second-order valence-electron chi connectivity index (χ2n) is 4.59. The molecule has 0 aromatic carbocycles. The number of methoxy groups -OCH3 is 1. The van der Waals surface area contributed by atoms with Gasteiger partial charge in [0, 0.05) is 40.4 Å². The lowest BCUT2D eigenvalue weighted by atomic mass is 10.4. The molecular weight excluding hydrogens is 290 g/mol. The number of aliphatic imine (C=N–C) groups is 1. The minimum atomic E-state index is -0.344. The highest BCUT2D eigenvalue weighted by Gasteiger charge is 2.27. The zero-order chi connectivity index (χ0) is 16.2. The van der Waals surface area contributed by atoms with Crippen LogP contribution in [0, 0.1) is 0 Å². The topological polar surface area (TPSA) is 104 Å². The summed E-state index contributed by atoms with van der Waals surface area (Å²) in [5.74, 6) is 0.423. The molecule has 1 fully saturated rings. The number of amides is 3. The summed E-state index contributed by atoms with van der Waals surface area (Å²) in [6.45, 7) is 3.39. The first kappa shape index (κ1) is 18.2. The number of rotatable bonds is 10. The molecule has 9 heteroatoms. The van der Waals surface area contributed by atoms with Crippen LogP contribution in [-0.2, 0) is 14.3 Å². The number of imide groups is 1. The van der Waals surface area contributed by atoms with Gasteiger partial charge >= 0.3 is 6.03 Å². The van der Waals surface area contributed by atoms with Crippen LogP contribution in [0.2, 0.25) is 0 Å². The van der Waals surface area contributed by atoms with E-state index in [0.29, 0.717) is 38.9 Å². The highest BCUT2D eigenvalue weighted by molar-refractivity contribution is 6.01. The maximum atomic E-state index is 11.4. The first-order valence-electron chi connectivity index (χ1n) is 7.28. The zero-order valence-electron chi connectivity index (χ0n) is 13.2. The van der Waals surface area contributed by atoms with Gasteiger partial charge in [-0.15, -0.1) is 0 Å². The molecule has 3 N–H and O–H groups in total. The Kier molecular flexibility index (Phi) is 8.92. The second-order valence-corrected chi connectivity index (χ2v) is 4.59. The van der Waals surface area contributed by atoms with Gasteiger partial charge in [-0.2, -0.15) is 0 Å². The first-order chi connectivity index (χ1) is 10.7. The molecule has 126 valence electrons. The average molecular weight is 315 g/mol. The third-order valence-electron chi connectivity index (χ3n) is 2.98. The summed E-state index contributed by atoms with van der Waals surface area (Å²) in [5, 5.41) is 8.66. The van der Waals surface area contributed by atoms with Crippen molar-refractivity contribution in [1.29, 1.82) is 0 Å². The lowest BCUT2D eigenvalue weighted by Crippen LogP contribution is -2.43. The van der Waals surface area contributed by atoms with Gasteiger partial charge in [-0.1, -0.05) is 0 Å². The van der Waals surface area contributed by atoms with Gasteiger partial charge in [-0.05, 0) is 6.42 Å². The molecule has 0 aromatic rings. The third kappa shape index (κ3) is 6.72. The summed E-state index contributed by atoms with van der Waals surface area (Å²) in [6, 6.07) is -0.344. The molecule has 0 spiro atoms. The predicted molar refractivity (Wildman–Crippen MR) is 81.8 cm³/mol. The summed E-state index contributed by atoms with van der Waals surface area (Å²) < 4.78 is 10.2. The Morgan fingerprint density at radius 1 is 1.27 bits per heavy atom. The molecule has 1 aliphatic heterocycles. The van der Waals surface area contributed by atoms with Crippen molar-refractivity contribution in [2.75, 3.05) is 60.2 Å². The molecule has 0 aromatic heterocycles. The van der Waals surface area contributed by atoms with Crippen LogP contribution in [0.15, 0.2) is 4.99 Å². The maximum absolute atomic E-state index is 11.4. The number of ether oxygens (including phenoxy) is 2. The summed E-state index contributed by atoms with van der Waals surface area (Å²) in [5.41, 5.74) is 0. The molecule has 9 nitrogen and oxygen atoms in total. The Balaban J connectivity index is 2.07. The summed E-state index contributed by atoms with van der Waals surface area (Å²) in [6.07, 6.45) is 0.845. The Morgan fingerprint density at radius 3 is 2.68 bits per heavy atom. The lowest BCUT2D eigenvalue weighted by Gasteiger charge is -2.15. The van der Waals surface area contributed by atoms with Crippen molar-refractivity contribution < 1.29 is 19.1 Å². The van der Waals surface area contributed by atoms with E-state index in [1.165, 1.54) is 4.90 Å². The summed E-state index contributed by atoms with van der Waals surface area (Å²) in [4.78, 5) is 28.0. The van der Waals surface area contributed by atoms with Crippen molar-refractivity contribution in [1.82, 2.24) is 20.9 Å². The summed E-state index contributed by atoms with van der Waals surface area (Å²) >= 11 is 0. The molecular formula is C13H25N5O4. The van der Waals surface area contributed by atoms with Gasteiger partial charge in [0.2, 0.25) is 5.91 Å². The van der Waals surface area contributed by atoms with Crippen molar-refractivity contribution in [3.8, 4) is 0 Å². The highest BCUT2D eigenvalue weighted by atomic mass is 16.5. The molecule has 0 atom stereocenters. The second kappa shape index (κ2) is 10.8. The SMILES string of the molecule is CN=C(NCCCOCCOC)NCCN1C(=O)CNC1=O. The predicted octanol–water partition coefficient (Wildman–Crippen LogP) is -1.24. The first-order valence-corrected chi connectivity index (χ1v) is 7.28. The van der Waals surface area contributed by atoms with Crippen LogP contribution in [0.1, 0.15) is 6.42 Å². The van der Waals surface area contributed by atoms with Gasteiger partial charge in [0.15, 0.2) is 5.96 Å². The van der Waals surface area contributed by atoms with E-state index in [9.17, 15) is 9.59 Å². The Labute approximate surface area is 130 Å². The number of carbonyl (C=O) groups is 2. The van der Waals surface area contributed by atoms with Gasteiger partial charge in [-0.25, -0.2) is 4.79 Å². The van der Waals surface area contributed by atoms with Crippen molar-refractivity contribution in [2.45, 2.75) is 6.42 Å². The van der Waals surface area contributed by atoms with E-state index in [4.69, 9.17) is 9.47 Å². The van der Waals surface area contributed by atoms with E-state index in [1.807, 2.05) is 0 Å². The van der Waals surface area contributed by atoms with Crippen molar-refractivity contribution in [2.24, 2.45) is 4.99 Å². The van der Waals surface area contributed by atoms with Gasteiger partial charge in [-0.3, -0.25) is 14.7 Å². The molecule has 0 aliphatic carbocycles. The fraction of sp³-hybridized carbons (Fsp3) is 0.769. The van der Waals surface area contributed by atoms with Crippen molar-refractivity contribution in [3.05, 3.63) is 0 Å². The van der Waals surface area contributed by atoms with Crippen LogP contribution in [0.3, 0.4) is 0 Å². The van der Waals surface area contributed by atoms with E-state index >= 15 is 0 Å². The molecule has 0 saturated carbocycles. The molecule has 0 unspecified atom stereocenters. The van der Waals surface area contributed by atoms with Gasteiger partial charge in [0.25, 0.3) is 0 Å². The summed E-state index contributed by atoms with van der Waals surface area (Å²) in [7, 11) is 3.30. The van der Waals surface area contributed by atoms with E-state index < -0.39 is 0 Å². The van der Waals surface area contributed by atoms with Gasteiger partial charge in [0.05, 0.1) is 19.8 Å². The highest BCUT2D eigenvalue weighted by Crippen LogP contribution is 1.96. The normalized spacial score (nSPS) is 15.2. The zero-order valence-corrected chi connectivity index (χ0v) is 13.2. The molecule has 22 heavy (non-hydrogen) atoms. The lowest BCUT2D eigenvalue weighted by molar-refractivity contribution is -0.124. The van der Waals surface area contributed by atoms with Crippen LogP contribution in [-0.4, -0.2) is 83.0 Å². The number of urea groups is 1. The Bertz CT molecular complexity index is 373. The number of guanidine groups is 1. The molecule has 1 rings (SSSR count). The molecule has 3 amide bonds. The van der Waals surface area contributed by atoms with E-state index in [0.717, 1.165) is 13.0 Å². The number of hydrogen-bond acceptors (Lipinski definition) is 5. The number of nitrogens with zero attached hydrogens (tertiary/aromatic N) is 2. The van der Waals surface area contributed by atoms with E-state index in [-0.39, 0.29) is 18.5 Å². The molecule has 0 radical (unpaired) electrons. The van der Waals surface area contributed by atoms with Crippen LogP contribution < -0.4 is 16.0 Å². The number of hydrogen-bond donors (Lipinski definition) is 3. The standard InChI is InChI=1S/C13H25N5O4/c1-14-12(15-4-3-7-22-9-8-21-2)16-5-6-18-11(19)10-17-13(18)20/h3-10H2,1-2H3,(H,17,20)(H2,14,15,16). The van der Waals surface area contributed by atoms with Gasteiger partial charge in [0.1, 0.15) is 0 Å². The average Bonchev–Trinajstić information content (AvgIpc) is 2.84. The van der Waals surface area contributed by atoms with Crippen LogP contribution >= 0.6 is 0 Å². The smallest absolute Gasteiger partial charge is 0.324 e. The maximum Gasteiger partial charge on any atom is 0.324 e. The third-order valence-corrected chi connectivity index (χ3v) is 2.98. The number of carbonyl (C=O) groups excluding carboxylic acids is 2. The minimum absolute atomic E-state index is 0.0783. The fourth-order valence-corrected chi connectivity index (χ4v) is 1.81. The van der Waals surface area contributed by atoms with Crippen molar-refractivity contribution >= 4 is 17.9 Å². The van der Waals surface area contributed by atoms with Gasteiger partial charge < -0.3 is 25.4 Å². The molecule has 1 heterocycles. The van der Waals surface area contributed by atoms with Crippen molar-refractivity contribution in [3.63, 3.8) is 0 Å². The molecule has 1 saturated heterocycles. The molecule has 0 bridgehead atoms. The quantitative estimate of drug-likeness (QED) is 0.201.